The number of thiophene rings is 1. The van der Waals surface area contributed by atoms with E-state index in [0.717, 1.165) is 31.2 Å². The van der Waals surface area contributed by atoms with Crippen LogP contribution in [-0.2, 0) is 11.2 Å². The zero-order valence-electron chi connectivity index (χ0n) is 11.0. The van der Waals surface area contributed by atoms with Crippen molar-refractivity contribution in [1.29, 1.82) is 0 Å². The molecule has 0 bridgehead atoms. The first kappa shape index (κ1) is 13.3. The lowest BCUT2D eigenvalue weighted by atomic mass is 9.79. The first-order chi connectivity index (χ1) is 9.67. The van der Waals surface area contributed by atoms with Crippen LogP contribution < -0.4 is 0 Å². The highest BCUT2D eigenvalue weighted by atomic mass is 32.1. The zero-order chi connectivity index (χ0) is 14.0. The predicted molar refractivity (Wildman–Crippen MR) is 74.5 cm³/mol. The van der Waals surface area contributed by atoms with Crippen molar-refractivity contribution in [2.75, 3.05) is 0 Å². The quantitative estimate of drug-likeness (QED) is 0.914. The molecule has 0 atom stereocenters. The molecule has 0 unspecified atom stereocenters. The van der Waals surface area contributed by atoms with Crippen LogP contribution in [-0.4, -0.2) is 21.3 Å². The van der Waals surface area contributed by atoms with E-state index in [1.54, 1.807) is 11.3 Å². The third-order valence-corrected chi connectivity index (χ3v) is 4.63. The molecular weight excluding hydrogens is 276 g/mol. The van der Waals surface area contributed by atoms with Crippen LogP contribution in [0, 0.1) is 5.41 Å². The summed E-state index contributed by atoms with van der Waals surface area (Å²) in [7, 11) is 0. The number of nitrogens with zero attached hydrogens (tertiary/aromatic N) is 2. The predicted octanol–water partition coefficient (Wildman–Crippen LogP) is 3.38. The lowest BCUT2D eigenvalue weighted by Gasteiger charge is -2.24. The Kier molecular flexibility index (Phi) is 3.56. The summed E-state index contributed by atoms with van der Waals surface area (Å²) >= 11 is 1.58. The molecule has 1 aliphatic carbocycles. The number of carbonyl (C=O) groups is 1. The van der Waals surface area contributed by atoms with E-state index in [1.807, 2.05) is 16.8 Å². The lowest BCUT2D eigenvalue weighted by molar-refractivity contribution is -0.139. The molecule has 2 aromatic rings. The van der Waals surface area contributed by atoms with Gasteiger partial charge in [-0.05, 0) is 29.7 Å². The van der Waals surface area contributed by atoms with Crippen LogP contribution in [0.2, 0.25) is 0 Å². The van der Waals surface area contributed by atoms with Crippen molar-refractivity contribution in [3.8, 4) is 11.5 Å². The topological polar surface area (TPSA) is 76.2 Å². The maximum atomic E-state index is 11.1. The largest absolute Gasteiger partial charge is 0.481 e. The van der Waals surface area contributed by atoms with Crippen molar-refractivity contribution in [2.24, 2.45) is 5.41 Å². The van der Waals surface area contributed by atoms with Crippen molar-refractivity contribution < 1.29 is 14.3 Å². The molecule has 1 fully saturated rings. The summed E-state index contributed by atoms with van der Waals surface area (Å²) in [5.41, 5.74) is 0.719. The summed E-state index contributed by atoms with van der Waals surface area (Å²) in [5, 5.41) is 21.2. The van der Waals surface area contributed by atoms with E-state index in [9.17, 15) is 4.79 Å². The van der Waals surface area contributed by atoms with Gasteiger partial charge in [-0.1, -0.05) is 12.8 Å². The number of hydrogen-bond acceptors (Lipinski definition) is 5. The number of carboxylic acids is 1. The van der Waals surface area contributed by atoms with Gasteiger partial charge in [0, 0.05) is 17.4 Å². The molecule has 0 aliphatic heterocycles. The highest BCUT2D eigenvalue weighted by molar-refractivity contribution is 7.08. The van der Waals surface area contributed by atoms with Crippen LogP contribution in [0.3, 0.4) is 0 Å². The molecule has 0 spiro atoms. The fourth-order valence-electron chi connectivity index (χ4n) is 3.01. The molecule has 0 amide bonds. The van der Waals surface area contributed by atoms with Crippen LogP contribution in [0.4, 0.5) is 0 Å². The fraction of sp³-hybridized carbons (Fsp3) is 0.500. The Labute approximate surface area is 120 Å². The summed E-state index contributed by atoms with van der Waals surface area (Å²) in [6.07, 6.45) is 4.77. The third-order valence-electron chi connectivity index (χ3n) is 3.95. The van der Waals surface area contributed by atoms with Crippen LogP contribution in [0.15, 0.2) is 21.2 Å². The normalized spacial score (nSPS) is 17.4. The van der Waals surface area contributed by atoms with E-state index in [0.29, 0.717) is 18.2 Å². The molecule has 5 nitrogen and oxygen atoms in total. The Morgan fingerprint density at radius 1 is 1.40 bits per heavy atom. The summed E-state index contributed by atoms with van der Waals surface area (Å²) in [5.74, 6) is 0.323. The van der Waals surface area contributed by atoms with E-state index in [2.05, 4.69) is 10.2 Å². The molecule has 1 N–H and O–H groups in total. The van der Waals surface area contributed by atoms with Crippen molar-refractivity contribution in [2.45, 2.75) is 38.5 Å². The van der Waals surface area contributed by atoms with E-state index < -0.39 is 5.97 Å². The van der Waals surface area contributed by atoms with Gasteiger partial charge in [-0.3, -0.25) is 4.79 Å². The lowest BCUT2D eigenvalue weighted by Crippen LogP contribution is -2.23. The molecule has 1 saturated carbocycles. The number of aromatic nitrogens is 2. The van der Waals surface area contributed by atoms with E-state index in [4.69, 9.17) is 9.52 Å². The van der Waals surface area contributed by atoms with Crippen molar-refractivity contribution >= 4 is 17.3 Å². The summed E-state index contributed by atoms with van der Waals surface area (Å²) in [6, 6.07) is 1.94. The first-order valence-corrected chi connectivity index (χ1v) is 7.68. The molecule has 0 radical (unpaired) electrons. The minimum atomic E-state index is -0.746. The molecule has 2 aromatic heterocycles. The van der Waals surface area contributed by atoms with Gasteiger partial charge in [0.1, 0.15) is 0 Å². The highest BCUT2D eigenvalue weighted by Gasteiger charge is 2.37. The molecule has 0 saturated heterocycles. The summed E-state index contributed by atoms with van der Waals surface area (Å²) in [4.78, 5) is 11.1. The molecule has 1 aliphatic rings. The maximum Gasteiger partial charge on any atom is 0.303 e. The Hall–Kier alpha value is -1.69. The average Bonchev–Trinajstić information content (AvgIpc) is 3.08. The minimum Gasteiger partial charge on any atom is -0.481 e. The maximum absolute atomic E-state index is 11.1. The Balaban J connectivity index is 1.77. The fourth-order valence-corrected chi connectivity index (χ4v) is 3.64. The molecule has 106 valence electrons. The van der Waals surface area contributed by atoms with Crippen molar-refractivity contribution in [3.05, 3.63) is 22.7 Å². The summed E-state index contributed by atoms with van der Waals surface area (Å²) in [6.45, 7) is 0. The smallest absolute Gasteiger partial charge is 0.303 e. The second-order valence-electron chi connectivity index (χ2n) is 5.47. The molecule has 3 rings (SSSR count). The van der Waals surface area contributed by atoms with E-state index in [1.165, 1.54) is 0 Å². The van der Waals surface area contributed by atoms with Gasteiger partial charge >= 0.3 is 5.97 Å². The standard InChI is InChI=1S/C14H16N2O3S/c17-12(18)8-14(4-1-2-5-14)7-11-15-16-13(19-11)10-3-6-20-9-10/h3,6,9H,1-2,4-5,7-8H2,(H,17,18). The molecular formula is C14H16N2O3S. The minimum absolute atomic E-state index is 0.184. The number of carboxylic acid groups (broad SMARTS) is 1. The van der Waals surface area contributed by atoms with Crippen LogP contribution in [0.5, 0.6) is 0 Å². The Bertz CT molecular complexity index is 585. The molecule has 0 aromatic carbocycles. The monoisotopic (exact) mass is 292 g/mol. The third kappa shape index (κ3) is 2.75. The van der Waals surface area contributed by atoms with Gasteiger partial charge in [-0.25, -0.2) is 0 Å². The number of aliphatic carboxylic acids is 1. The Morgan fingerprint density at radius 2 is 2.20 bits per heavy atom. The molecule has 2 heterocycles. The van der Waals surface area contributed by atoms with Gasteiger partial charge in [-0.2, -0.15) is 11.3 Å². The highest BCUT2D eigenvalue weighted by Crippen LogP contribution is 2.43. The van der Waals surface area contributed by atoms with Crippen molar-refractivity contribution in [3.63, 3.8) is 0 Å². The second-order valence-corrected chi connectivity index (χ2v) is 6.25. The van der Waals surface area contributed by atoms with Crippen LogP contribution in [0.1, 0.15) is 38.0 Å². The molecule has 6 heteroatoms. The van der Waals surface area contributed by atoms with E-state index in [-0.39, 0.29) is 11.8 Å². The van der Waals surface area contributed by atoms with Gasteiger partial charge < -0.3 is 9.52 Å². The van der Waals surface area contributed by atoms with Gasteiger partial charge in [0.15, 0.2) is 0 Å². The molecule has 20 heavy (non-hydrogen) atoms. The van der Waals surface area contributed by atoms with Gasteiger partial charge in [0.05, 0.1) is 6.42 Å². The SMILES string of the molecule is O=C(O)CC1(Cc2nnc(-c3ccsc3)o2)CCCC1. The first-order valence-electron chi connectivity index (χ1n) is 6.74. The second kappa shape index (κ2) is 5.36. The Morgan fingerprint density at radius 3 is 2.85 bits per heavy atom. The zero-order valence-corrected chi connectivity index (χ0v) is 11.9. The van der Waals surface area contributed by atoms with Crippen molar-refractivity contribution in [1.82, 2.24) is 10.2 Å². The van der Waals surface area contributed by atoms with E-state index >= 15 is 0 Å². The van der Waals surface area contributed by atoms with Gasteiger partial charge in [0.25, 0.3) is 0 Å². The number of rotatable bonds is 5. The van der Waals surface area contributed by atoms with Crippen LogP contribution >= 0.6 is 11.3 Å². The van der Waals surface area contributed by atoms with Gasteiger partial charge in [-0.15, -0.1) is 10.2 Å². The average molecular weight is 292 g/mol. The van der Waals surface area contributed by atoms with Crippen LogP contribution in [0.25, 0.3) is 11.5 Å². The number of hydrogen-bond donors (Lipinski definition) is 1. The summed E-state index contributed by atoms with van der Waals surface area (Å²) < 4.78 is 5.69. The van der Waals surface area contributed by atoms with Gasteiger partial charge in [0.2, 0.25) is 11.8 Å².